The highest BCUT2D eigenvalue weighted by atomic mass is 19.1. The molecule has 1 saturated heterocycles. The van der Waals surface area contributed by atoms with Crippen molar-refractivity contribution in [3.8, 4) is 0 Å². The predicted molar refractivity (Wildman–Crippen MR) is 73.9 cm³/mol. The van der Waals surface area contributed by atoms with Crippen molar-refractivity contribution in [1.82, 2.24) is 10.6 Å². The van der Waals surface area contributed by atoms with Crippen molar-refractivity contribution < 1.29 is 9.18 Å². The highest BCUT2D eigenvalue weighted by Gasteiger charge is 2.23. The molecule has 0 spiro atoms. The summed E-state index contributed by atoms with van der Waals surface area (Å²) in [7, 11) is 0. The van der Waals surface area contributed by atoms with Crippen LogP contribution in [-0.4, -0.2) is 31.2 Å². The summed E-state index contributed by atoms with van der Waals surface area (Å²) < 4.78 is 13.0. The van der Waals surface area contributed by atoms with E-state index in [1.165, 1.54) is 0 Å². The predicted octanol–water partition coefficient (Wildman–Crippen LogP) is 1.66. The van der Waals surface area contributed by atoms with Crippen LogP contribution in [0.25, 0.3) is 0 Å². The smallest absolute Gasteiger partial charge is 0.224 e. The molecular weight excluding hydrogens is 243 g/mol. The molecule has 19 heavy (non-hydrogen) atoms. The lowest BCUT2D eigenvalue weighted by atomic mass is 10.0. The monoisotopic (exact) mass is 264 g/mol. The van der Waals surface area contributed by atoms with Crippen LogP contribution in [0.1, 0.15) is 23.1 Å². The molecule has 1 aliphatic heterocycles. The molecule has 1 fully saturated rings. The van der Waals surface area contributed by atoms with Crippen molar-refractivity contribution >= 4 is 5.91 Å². The average molecular weight is 264 g/mol. The van der Waals surface area contributed by atoms with Crippen molar-refractivity contribution in [2.24, 2.45) is 0 Å². The SMILES string of the molecule is Cc1ccc(C)c(CC(=O)NC[C@@H]2C[C@H](F)CN2)c1. The Balaban J connectivity index is 1.82. The highest BCUT2D eigenvalue weighted by molar-refractivity contribution is 5.79. The van der Waals surface area contributed by atoms with Crippen LogP contribution in [0.2, 0.25) is 0 Å². The summed E-state index contributed by atoms with van der Waals surface area (Å²) in [5, 5.41) is 5.93. The Bertz CT molecular complexity index is 461. The normalized spacial score (nSPS) is 22.5. The van der Waals surface area contributed by atoms with Crippen molar-refractivity contribution in [3.05, 3.63) is 34.9 Å². The third-order valence-corrected chi connectivity index (χ3v) is 3.57. The van der Waals surface area contributed by atoms with E-state index in [0.717, 1.165) is 16.7 Å². The minimum absolute atomic E-state index is 0.00203. The number of hydrogen-bond donors (Lipinski definition) is 2. The van der Waals surface area contributed by atoms with E-state index < -0.39 is 6.17 Å². The summed E-state index contributed by atoms with van der Waals surface area (Å²) >= 11 is 0. The zero-order valence-corrected chi connectivity index (χ0v) is 11.5. The van der Waals surface area contributed by atoms with Crippen LogP contribution in [0.4, 0.5) is 4.39 Å². The topological polar surface area (TPSA) is 41.1 Å². The molecule has 0 aliphatic carbocycles. The van der Waals surface area contributed by atoms with Gasteiger partial charge in [0.1, 0.15) is 6.17 Å². The largest absolute Gasteiger partial charge is 0.354 e. The van der Waals surface area contributed by atoms with Crippen LogP contribution >= 0.6 is 0 Å². The first-order valence-corrected chi connectivity index (χ1v) is 6.75. The van der Waals surface area contributed by atoms with E-state index in [-0.39, 0.29) is 11.9 Å². The molecule has 1 aromatic rings. The summed E-state index contributed by atoms with van der Waals surface area (Å²) in [5.74, 6) is -0.00203. The Morgan fingerprint density at radius 2 is 2.26 bits per heavy atom. The van der Waals surface area contributed by atoms with Crippen LogP contribution in [0.15, 0.2) is 18.2 Å². The van der Waals surface area contributed by atoms with E-state index in [4.69, 9.17) is 0 Å². The summed E-state index contributed by atoms with van der Waals surface area (Å²) in [6, 6.07) is 6.18. The molecule has 0 radical (unpaired) electrons. The fourth-order valence-electron chi connectivity index (χ4n) is 2.39. The molecule has 1 aromatic carbocycles. The number of halogens is 1. The van der Waals surface area contributed by atoms with Crippen molar-refractivity contribution in [2.45, 2.75) is 38.9 Å². The van der Waals surface area contributed by atoms with Crippen LogP contribution < -0.4 is 10.6 Å². The van der Waals surface area contributed by atoms with E-state index in [1.807, 2.05) is 32.0 Å². The summed E-state index contributed by atoms with van der Waals surface area (Å²) in [4.78, 5) is 11.9. The second kappa shape index (κ2) is 6.15. The fourth-order valence-corrected chi connectivity index (χ4v) is 2.39. The van der Waals surface area contributed by atoms with Gasteiger partial charge >= 0.3 is 0 Å². The van der Waals surface area contributed by atoms with Gasteiger partial charge in [0.05, 0.1) is 6.42 Å². The first-order valence-electron chi connectivity index (χ1n) is 6.75. The van der Waals surface area contributed by atoms with Crippen molar-refractivity contribution in [1.29, 1.82) is 0 Å². The van der Waals surface area contributed by atoms with Crippen LogP contribution in [0.5, 0.6) is 0 Å². The molecule has 104 valence electrons. The number of nitrogens with one attached hydrogen (secondary N) is 2. The molecule has 0 aromatic heterocycles. The van der Waals surface area contributed by atoms with Gasteiger partial charge in [0.25, 0.3) is 0 Å². The number of aryl methyl sites for hydroxylation is 2. The Kier molecular flexibility index (Phi) is 4.53. The maximum absolute atomic E-state index is 13.0. The Labute approximate surface area is 113 Å². The lowest BCUT2D eigenvalue weighted by Gasteiger charge is -2.12. The van der Waals surface area contributed by atoms with Crippen LogP contribution in [-0.2, 0) is 11.2 Å². The van der Waals surface area contributed by atoms with E-state index in [0.29, 0.717) is 25.9 Å². The number of alkyl halides is 1. The third-order valence-electron chi connectivity index (χ3n) is 3.57. The second-order valence-corrected chi connectivity index (χ2v) is 5.35. The Morgan fingerprint density at radius 1 is 1.47 bits per heavy atom. The summed E-state index contributed by atoms with van der Waals surface area (Å²) in [5.41, 5.74) is 3.34. The van der Waals surface area contributed by atoms with Gasteiger partial charge in [-0.25, -0.2) is 4.39 Å². The zero-order chi connectivity index (χ0) is 13.8. The quantitative estimate of drug-likeness (QED) is 0.868. The van der Waals surface area contributed by atoms with Gasteiger partial charge in [-0.3, -0.25) is 4.79 Å². The van der Waals surface area contributed by atoms with Gasteiger partial charge in [0.2, 0.25) is 5.91 Å². The maximum Gasteiger partial charge on any atom is 0.224 e. The van der Waals surface area contributed by atoms with Crippen LogP contribution in [0.3, 0.4) is 0 Å². The van der Waals surface area contributed by atoms with Gasteiger partial charge in [0.15, 0.2) is 0 Å². The maximum atomic E-state index is 13.0. The van der Waals surface area contributed by atoms with Gasteiger partial charge < -0.3 is 10.6 Å². The first-order chi connectivity index (χ1) is 9.04. The highest BCUT2D eigenvalue weighted by Crippen LogP contribution is 2.12. The standard InChI is InChI=1S/C15H21FN2O/c1-10-3-4-11(2)12(5-10)6-15(19)18-9-14-7-13(16)8-17-14/h3-5,13-14,17H,6-9H2,1-2H3,(H,18,19)/t13-,14-/m0/s1. The number of rotatable bonds is 4. The zero-order valence-electron chi connectivity index (χ0n) is 11.5. The number of carbonyl (C=O) groups excluding carboxylic acids is 1. The molecule has 2 N–H and O–H groups in total. The number of hydrogen-bond acceptors (Lipinski definition) is 2. The van der Waals surface area contributed by atoms with Gasteiger partial charge in [-0.1, -0.05) is 23.8 Å². The third kappa shape index (κ3) is 4.03. The Morgan fingerprint density at radius 3 is 2.95 bits per heavy atom. The van der Waals surface area contributed by atoms with E-state index in [2.05, 4.69) is 10.6 Å². The molecule has 2 atom stereocenters. The van der Waals surface area contributed by atoms with E-state index in [9.17, 15) is 9.18 Å². The lowest BCUT2D eigenvalue weighted by molar-refractivity contribution is -0.120. The summed E-state index contributed by atoms with van der Waals surface area (Å²) in [6.45, 7) is 4.93. The van der Waals surface area contributed by atoms with Gasteiger partial charge in [-0.05, 0) is 31.4 Å². The fraction of sp³-hybridized carbons (Fsp3) is 0.533. The Hall–Kier alpha value is -1.42. The van der Waals surface area contributed by atoms with Crippen molar-refractivity contribution in [3.63, 3.8) is 0 Å². The molecule has 0 saturated carbocycles. The molecule has 2 rings (SSSR count). The van der Waals surface area contributed by atoms with Crippen molar-refractivity contribution in [2.75, 3.05) is 13.1 Å². The molecular formula is C15H21FN2O. The molecule has 3 nitrogen and oxygen atoms in total. The number of amides is 1. The molecule has 0 bridgehead atoms. The lowest BCUT2D eigenvalue weighted by Crippen LogP contribution is -2.37. The van der Waals surface area contributed by atoms with E-state index in [1.54, 1.807) is 0 Å². The molecule has 1 heterocycles. The number of carbonyl (C=O) groups is 1. The van der Waals surface area contributed by atoms with Gasteiger partial charge in [-0.15, -0.1) is 0 Å². The average Bonchev–Trinajstić information content (AvgIpc) is 2.77. The van der Waals surface area contributed by atoms with E-state index >= 15 is 0 Å². The summed E-state index contributed by atoms with van der Waals surface area (Å²) in [6.07, 6.45) is 0.101. The first kappa shape index (κ1) is 14.0. The molecule has 0 unspecified atom stereocenters. The second-order valence-electron chi connectivity index (χ2n) is 5.35. The molecule has 1 aliphatic rings. The minimum atomic E-state index is -0.777. The van der Waals surface area contributed by atoms with Gasteiger partial charge in [-0.2, -0.15) is 0 Å². The van der Waals surface area contributed by atoms with Gasteiger partial charge in [0, 0.05) is 19.1 Å². The number of benzene rings is 1. The molecule has 4 heteroatoms. The van der Waals surface area contributed by atoms with Crippen LogP contribution in [0, 0.1) is 13.8 Å². The molecule has 1 amide bonds. The minimum Gasteiger partial charge on any atom is -0.354 e.